The summed E-state index contributed by atoms with van der Waals surface area (Å²) in [5.74, 6) is 0.558. The molecule has 1 aromatic rings. The first-order chi connectivity index (χ1) is 6.24. The molecule has 2 nitrogen and oxygen atoms in total. The van der Waals surface area contributed by atoms with Crippen molar-refractivity contribution in [3.05, 3.63) is 35.4 Å². The van der Waals surface area contributed by atoms with E-state index in [1.165, 1.54) is 12.7 Å². The normalized spacial score (nSPS) is 10.8. The molecule has 0 N–H and O–H groups in total. The first kappa shape index (κ1) is 10.2. The third-order valence-electron chi connectivity index (χ3n) is 1.96. The molecule has 0 unspecified atom stereocenters. The molecule has 1 aromatic carbocycles. The summed E-state index contributed by atoms with van der Waals surface area (Å²) >= 11 is 0. The zero-order valence-electron chi connectivity index (χ0n) is 8.41. The van der Waals surface area contributed by atoms with E-state index in [9.17, 15) is 0 Å². The maximum Gasteiger partial charge on any atom is 0.107 e. The molecule has 0 saturated carbocycles. The van der Waals surface area contributed by atoms with E-state index < -0.39 is 0 Å². The van der Waals surface area contributed by atoms with Crippen LogP contribution in [0.4, 0.5) is 0 Å². The Morgan fingerprint density at radius 2 is 2.08 bits per heavy atom. The number of benzene rings is 1. The summed E-state index contributed by atoms with van der Waals surface area (Å²) < 4.78 is 0. The number of rotatable bonds is 4. The molecule has 0 radical (unpaired) electrons. The van der Waals surface area contributed by atoms with Gasteiger partial charge in [-0.05, 0) is 17.0 Å². The highest BCUT2D eigenvalue weighted by atomic mass is 17.2. The lowest BCUT2D eigenvalue weighted by Gasteiger charge is -2.07. The lowest BCUT2D eigenvalue weighted by molar-refractivity contribution is -0.282. The maximum absolute atomic E-state index is 4.85. The van der Waals surface area contributed by atoms with Crippen molar-refractivity contribution in [1.82, 2.24) is 0 Å². The van der Waals surface area contributed by atoms with Gasteiger partial charge in [0.05, 0.1) is 7.11 Å². The van der Waals surface area contributed by atoms with Crippen molar-refractivity contribution < 1.29 is 9.78 Å². The lowest BCUT2D eigenvalue weighted by atomic mass is 10.0. The zero-order valence-corrected chi connectivity index (χ0v) is 8.41. The summed E-state index contributed by atoms with van der Waals surface area (Å²) in [6.07, 6.45) is 0. The molecule has 0 bridgehead atoms. The van der Waals surface area contributed by atoms with Gasteiger partial charge in [0.1, 0.15) is 6.61 Å². The summed E-state index contributed by atoms with van der Waals surface area (Å²) in [5.41, 5.74) is 2.48. The average molecular weight is 180 g/mol. The van der Waals surface area contributed by atoms with E-state index in [-0.39, 0.29) is 0 Å². The standard InChI is InChI=1S/C11H16O2/c1-9(2)11-6-4-5-10(7-11)8-13-12-3/h4-7,9H,8H2,1-3H3. The minimum Gasteiger partial charge on any atom is -0.240 e. The van der Waals surface area contributed by atoms with Crippen LogP contribution in [-0.2, 0) is 16.4 Å². The van der Waals surface area contributed by atoms with E-state index in [4.69, 9.17) is 4.89 Å². The molecule has 2 heteroatoms. The van der Waals surface area contributed by atoms with Crippen molar-refractivity contribution in [1.29, 1.82) is 0 Å². The maximum atomic E-state index is 4.85. The second-order valence-corrected chi connectivity index (χ2v) is 3.33. The van der Waals surface area contributed by atoms with Crippen molar-refractivity contribution in [3.8, 4) is 0 Å². The molecular formula is C11H16O2. The molecule has 0 saturated heterocycles. The highest BCUT2D eigenvalue weighted by Crippen LogP contribution is 2.15. The minimum absolute atomic E-state index is 0.511. The third kappa shape index (κ3) is 3.17. The van der Waals surface area contributed by atoms with E-state index in [1.54, 1.807) is 0 Å². The Hall–Kier alpha value is -0.860. The van der Waals surface area contributed by atoms with Crippen molar-refractivity contribution in [2.75, 3.05) is 7.11 Å². The highest BCUT2D eigenvalue weighted by Gasteiger charge is 1.99. The largest absolute Gasteiger partial charge is 0.240 e. The third-order valence-corrected chi connectivity index (χ3v) is 1.96. The van der Waals surface area contributed by atoms with Gasteiger partial charge in [0.15, 0.2) is 0 Å². The van der Waals surface area contributed by atoms with Crippen molar-refractivity contribution in [3.63, 3.8) is 0 Å². The van der Waals surface area contributed by atoms with Gasteiger partial charge in [-0.1, -0.05) is 38.1 Å². The molecule has 0 aliphatic heterocycles. The Labute approximate surface area is 79.4 Å². The Morgan fingerprint density at radius 1 is 1.31 bits per heavy atom. The fraction of sp³-hybridized carbons (Fsp3) is 0.455. The second kappa shape index (κ2) is 5.00. The van der Waals surface area contributed by atoms with Gasteiger partial charge < -0.3 is 0 Å². The Bertz CT molecular complexity index is 256. The molecule has 0 fully saturated rings. The van der Waals surface area contributed by atoms with Crippen LogP contribution in [0, 0.1) is 0 Å². The monoisotopic (exact) mass is 180 g/mol. The van der Waals surface area contributed by atoms with Crippen LogP contribution in [0.15, 0.2) is 24.3 Å². The highest BCUT2D eigenvalue weighted by molar-refractivity contribution is 5.25. The Morgan fingerprint density at radius 3 is 2.69 bits per heavy atom. The first-order valence-corrected chi connectivity index (χ1v) is 4.48. The smallest absolute Gasteiger partial charge is 0.107 e. The summed E-state index contributed by atoms with van der Waals surface area (Å²) in [6, 6.07) is 8.35. The Balaban J connectivity index is 2.68. The predicted molar refractivity (Wildman–Crippen MR) is 52.3 cm³/mol. The molecule has 0 heterocycles. The molecule has 0 atom stereocenters. The molecule has 0 aromatic heterocycles. The molecule has 0 aliphatic carbocycles. The van der Waals surface area contributed by atoms with E-state index >= 15 is 0 Å². The SMILES string of the molecule is COOCc1cccc(C(C)C)c1. The fourth-order valence-electron chi connectivity index (χ4n) is 1.17. The molecule has 0 amide bonds. The van der Waals surface area contributed by atoms with Crippen LogP contribution in [0.25, 0.3) is 0 Å². The van der Waals surface area contributed by atoms with Crippen LogP contribution in [0.2, 0.25) is 0 Å². The summed E-state index contributed by atoms with van der Waals surface area (Å²) in [6.45, 7) is 4.86. The average Bonchev–Trinajstić information content (AvgIpc) is 2.15. The van der Waals surface area contributed by atoms with Crippen molar-refractivity contribution >= 4 is 0 Å². The van der Waals surface area contributed by atoms with Crippen LogP contribution in [0.3, 0.4) is 0 Å². The van der Waals surface area contributed by atoms with Gasteiger partial charge in [-0.15, -0.1) is 0 Å². The molecule has 1 rings (SSSR count). The second-order valence-electron chi connectivity index (χ2n) is 3.33. The molecule has 0 spiro atoms. The van der Waals surface area contributed by atoms with Gasteiger partial charge >= 0.3 is 0 Å². The van der Waals surface area contributed by atoms with Gasteiger partial charge in [-0.3, -0.25) is 0 Å². The van der Waals surface area contributed by atoms with E-state index in [0.29, 0.717) is 12.5 Å². The van der Waals surface area contributed by atoms with Crippen LogP contribution in [-0.4, -0.2) is 7.11 Å². The van der Waals surface area contributed by atoms with Crippen LogP contribution in [0.1, 0.15) is 30.9 Å². The van der Waals surface area contributed by atoms with Crippen LogP contribution < -0.4 is 0 Å². The van der Waals surface area contributed by atoms with E-state index in [0.717, 1.165) is 5.56 Å². The minimum atomic E-state index is 0.511. The summed E-state index contributed by atoms with van der Waals surface area (Å²) in [5, 5.41) is 0. The first-order valence-electron chi connectivity index (χ1n) is 4.48. The van der Waals surface area contributed by atoms with Crippen LogP contribution in [0.5, 0.6) is 0 Å². The fourth-order valence-corrected chi connectivity index (χ4v) is 1.17. The van der Waals surface area contributed by atoms with Gasteiger partial charge in [0.25, 0.3) is 0 Å². The number of hydrogen-bond acceptors (Lipinski definition) is 2. The van der Waals surface area contributed by atoms with Gasteiger partial charge in [0.2, 0.25) is 0 Å². The topological polar surface area (TPSA) is 18.5 Å². The van der Waals surface area contributed by atoms with Gasteiger partial charge in [0, 0.05) is 0 Å². The van der Waals surface area contributed by atoms with E-state index in [1.807, 2.05) is 12.1 Å². The molecular weight excluding hydrogens is 164 g/mol. The van der Waals surface area contributed by atoms with E-state index in [2.05, 4.69) is 30.9 Å². The number of hydrogen-bond donors (Lipinski definition) is 0. The Kier molecular flexibility index (Phi) is 3.93. The van der Waals surface area contributed by atoms with Gasteiger partial charge in [-0.25, -0.2) is 9.78 Å². The van der Waals surface area contributed by atoms with Gasteiger partial charge in [-0.2, -0.15) is 0 Å². The van der Waals surface area contributed by atoms with Crippen LogP contribution >= 0.6 is 0 Å². The lowest BCUT2D eigenvalue weighted by Crippen LogP contribution is -1.93. The molecule has 13 heavy (non-hydrogen) atoms. The molecule has 0 aliphatic rings. The van der Waals surface area contributed by atoms with Crippen molar-refractivity contribution in [2.24, 2.45) is 0 Å². The summed E-state index contributed by atoms with van der Waals surface area (Å²) in [4.78, 5) is 9.40. The molecule has 72 valence electrons. The quantitative estimate of drug-likeness (QED) is 0.524. The predicted octanol–water partition coefficient (Wildman–Crippen LogP) is 2.89. The summed E-state index contributed by atoms with van der Waals surface area (Å²) in [7, 11) is 1.52. The zero-order chi connectivity index (χ0) is 9.68. The van der Waals surface area contributed by atoms with Crippen molar-refractivity contribution in [2.45, 2.75) is 26.4 Å².